The van der Waals surface area contributed by atoms with Crippen molar-refractivity contribution < 1.29 is 14.3 Å². The van der Waals surface area contributed by atoms with Gasteiger partial charge in [-0.2, -0.15) is 0 Å². The second kappa shape index (κ2) is 10.7. The maximum Gasteiger partial charge on any atom is 0.272 e. The van der Waals surface area contributed by atoms with Crippen LogP contribution in [0.5, 0.6) is 11.5 Å². The van der Waals surface area contributed by atoms with Crippen molar-refractivity contribution in [1.82, 2.24) is 14.8 Å². The number of hydrogen-bond acceptors (Lipinski definition) is 5. The number of ether oxygens (including phenoxy) is 2. The Kier molecular flexibility index (Phi) is 7.21. The summed E-state index contributed by atoms with van der Waals surface area (Å²) in [5, 5.41) is 0.707. The van der Waals surface area contributed by atoms with E-state index in [1.165, 1.54) is 5.56 Å². The molecule has 5 rings (SSSR count). The second-order valence-corrected chi connectivity index (χ2v) is 9.71. The van der Waals surface area contributed by atoms with Gasteiger partial charge in [0, 0.05) is 36.9 Å². The van der Waals surface area contributed by atoms with Gasteiger partial charge < -0.3 is 14.4 Å². The van der Waals surface area contributed by atoms with Crippen LogP contribution in [0.3, 0.4) is 0 Å². The van der Waals surface area contributed by atoms with Crippen molar-refractivity contribution in [2.24, 2.45) is 5.92 Å². The third-order valence-corrected chi connectivity index (χ3v) is 7.45. The van der Waals surface area contributed by atoms with Gasteiger partial charge in [0.05, 0.1) is 0 Å². The highest BCUT2D eigenvalue weighted by atomic mass is 35.5. The summed E-state index contributed by atoms with van der Waals surface area (Å²) in [5.74, 6) is 1.84. The molecule has 0 bridgehead atoms. The SMILES string of the molecule is CN(C(=O)c1ccccn1)[C@H](Cc1ccccc1)C1CCN(Cc2cc3c(cc2Cl)OCO3)CC1. The average molecular weight is 492 g/mol. The molecule has 6 nitrogen and oxygen atoms in total. The Morgan fingerprint density at radius 3 is 2.51 bits per heavy atom. The molecule has 2 aromatic carbocycles. The highest BCUT2D eigenvalue weighted by molar-refractivity contribution is 6.31. The van der Waals surface area contributed by atoms with Crippen LogP contribution < -0.4 is 9.47 Å². The first-order valence-corrected chi connectivity index (χ1v) is 12.5. The Morgan fingerprint density at radius 2 is 1.80 bits per heavy atom. The predicted molar refractivity (Wildman–Crippen MR) is 136 cm³/mol. The van der Waals surface area contributed by atoms with Crippen molar-refractivity contribution >= 4 is 17.5 Å². The van der Waals surface area contributed by atoms with Gasteiger partial charge in [-0.15, -0.1) is 0 Å². The van der Waals surface area contributed by atoms with Gasteiger partial charge in [-0.05, 0) is 67.6 Å². The summed E-state index contributed by atoms with van der Waals surface area (Å²) < 4.78 is 11.0. The van der Waals surface area contributed by atoms with Gasteiger partial charge >= 0.3 is 0 Å². The maximum atomic E-state index is 13.3. The number of fused-ring (bicyclic) bond motifs is 1. The van der Waals surface area contributed by atoms with Crippen LogP contribution >= 0.6 is 11.6 Å². The summed E-state index contributed by atoms with van der Waals surface area (Å²) >= 11 is 6.52. The summed E-state index contributed by atoms with van der Waals surface area (Å²) in [5.41, 5.74) is 2.79. The third-order valence-electron chi connectivity index (χ3n) is 7.10. The summed E-state index contributed by atoms with van der Waals surface area (Å²) in [6, 6.07) is 19.9. The fourth-order valence-electron chi connectivity index (χ4n) is 5.11. The summed E-state index contributed by atoms with van der Waals surface area (Å²) in [4.78, 5) is 21.9. The van der Waals surface area contributed by atoms with Gasteiger partial charge in [-0.1, -0.05) is 48.0 Å². The molecule has 3 heterocycles. The molecule has 0 aliphatic carbocycles. The zero-order chi connectivity index (χ0) is 24.2. The van der Waals surface area contributed by atoms with Crippen LogP contribution in [-0.4, -0.2) is 53.7 Å². The van der Waals surface area contributed by atoms with Gasteiger partial charge in [-0.3, -0.25) is 14.7 Å². The number of hydrogen-bond donors (Lipinski definition) is 0. The lowest BCUT2D eigenvalue weighted by Gasteiger charge is -2.40. The molecule has 1 atom stereocenters. The van der Waals surface area contributed by atoms with Crippen LogP contribution in [0.2, 0.25) is 5.02 Å². The fraction of sp³-hybridized carbons (Fsp3) is 0.357. The van der Waals surface area contributed by atoms with E-state index in [0.717, 1.165) is 50.2 Å². The number of piperidine rings is 1. The number of likely N-dealkylation sites (tertiary alicyclic amines) is 1. The minimum absolute atomic E-state index is 0.0268. The Bertz CT molecular complexity index is 1150. The molecular weight excluding hydrogens is 462 g/mol. The van der Waals surface area contributed by atoms with Crippen molar-refractivity contribution in [3.8, 4) is 11.5 Å². The molecule has 1 amide bonds. The largest absolute Gasteiger partial charge is 0.454 e. The number of carbonyl (C=O) groups is 1. The molecule has 0 radical (unpaired) electrons. The van der Waals surface area contributed by atoms with Gasteiger partial charge in [0.1, 0.15) is 5.69 Å². The quantitative estimate of drug-likeness (QED) is 0.462. The van der Waals surface area contributed by atoms with Crippen molar-refractivity contribution in [2.75, 3.05) is 26.9 Å². The monoisotopic (exact) mass is 491 g/mol. The number of pyridine rings is 1. The maximum absolute atomic E-state index is 13.3. The predicted octanol–water partition coefficient (Wildman–Crippen LogP) is 5.06. The second-order valence-electron chi connectivity index (χ2n) is 9.30. The topological polar surface area (TPSA) is 54.9 Å². The van der Waals surface area contributed by atoms with Gasteiger partial charge in [0.25, 0.3) is 5.91 Å². The molecule has 3 aromatic rings. The Labute approximate surface area is 211 Å². The minimum atomic E-state index is -0.0268. The van der Waals surface area contributed by atoms with Gasteiger partial charge in [0.15, 0.2) is 11.5 Å². The number of rotatable bonds is 7. The lowest BCUT2D eigenvalue weighted by Crippen LogP contribution is -2.47. The van der Waals surface area contributed by atoms with Crippen LogP contribution in [0.25, 0.3) is 0 Å². The summed E-state index contributed by atoms with van der Waals surface area (Å²) in [6.07, 6.45) is 4.53. The van der Waals surface area contributed by atoms with Crippen molar-refractivity contribution in [3.63, 3.8) is 0 Å². The van der Waals surface area contributed by atoms with Crippen molar-refractivity contribution in [2.45, 2.75) is 31.8 Å². The molecule has 2 aliphatic rings. The Morgan fingerprint density at radius 1 is 1.09 bits per heavy atom. The normalized spacial score (nSPS) is 16.7. The van der Waals surface area contributed by atoms with Crippen molar-refractivity contribution in [1.29, 1.82) is 0 Å². The number of nitrogens with zero attached hydrogens (tertiary/aromatic N) is 3. The van der Waals surface area contributed by atoms with Gasteiger partial charge in [-0.25, -0.2) is 0 Å². The van der Waals surface area contributed by atoms with E-state index < -0.39 is 0 Å². The van der Waals surface area contributed by atoms with E-state index in [1.807, 2.05) is 42.3 Å². The zero-order valence-electron chi connectivity index (χ0n) is 19.9. The first kappa shape index (κ1) is 23.6. The molecule has 7 heteroatoms. The fourth-order valence-corrected chi connectivity index (χ4v) is 5.33. The molecule has 1 aromatic heterocycles. The highest BCUT2D eigenvalue weighted by Crippen LogP contribution is 2.37. The number of amides is 1. The van der Waals surface area contributed by atoms with E-state index in [4.69, 9.17) is 21.1 Å². The van der Waals surface area contributed by atoms with E-state index in [-0.39, 0.29) is 18.7 Å². The number of halogens is 1. The number of aromatic nitrogens is 1. The first-order chi connectivity index (χ1) is 17.1. The average Bonchev–Trinajstić information content (AvgIpc) is 3.35. The molecule has 0 saturated carbocycles. The number of carbonyl (C=O) groups excluding carboxylic acids is 1. The van der Waals surface area contributed by atoms with Crippen LogP contribution in [-0.2, 0) is 13.0 Å². The van der Waals surface area contributed by atoms with E-state index in [0.29, 0.717) is 22.4 Å². The zero-order valence-corrected chi connectivity index (χ0v) is 20.7. The molecule has 0 spiro atoms. The number of likely N-dealkylation sites (N-methyl/N-ethyl adjacent to an activating group) is 1. The molecule has 35 heavy (non-hydrogen) atoms. The number of benzene rings is 2. The standard InChI is InChI=1S/C28H30ClN3O3/c1-31(28(33)24-9-5-6-12-30-24)25(15-20-7-3-2-4-8-20)21-10-13-32(14-11-21)18-22-16-26-27(17-23(22)29)35-19-34-26/h2-9,12,16-17,21,25H,10-11,13-15,18-19H2,1H3/t25-/m1/s1. The summed E-state index contributed by atoms with van der Waals surface area (Å²) in [7, 11) is 1.92. The van der Waals surface area contributed by atoms with E-state index in [2.05, 4.69) is 34.1 Å². The van der Waals surface area contributed by atoms with Crippen LogP contribution in [0.4, 0.5) is 0 Å². The summed E-state index contributed by atoms with van der Waals surface area (Å²) in [6.45, 7) is 2.92. The van der Waals surface area contributed by atoms with E-state index in [1.54, 1.807) is 12.3 Å². The molecule has 0 N–H and O–H groups in total. The molecule has 1 fully saturated rings. The Hall–Kier alpha value is -3.09. The van der Waals surface area contributed by atoms with E-state index >= 15 is 0 Å². The third kappa shape index (κ3) is 5.44. The minimum Gasteiger partial charge on any atom is -0.454 e. The molecule has 1 saturated heterocycles. The van der Waals surface area contributed by atoms with E-state index in [9.17, 15) is 4.79 Å². The van der Waals surface area contributed by atoms with Gasteiger partial charge in [0.2, 0.25) is 6.79 Å². The molecule has 182 valence electrons. The van der Waals surface area contributed by atoms with Crippen LogP contribution in [0.1, 0.15) is 34.5 Å². The lowest BCUT2D eigenvalue weighted by atomic mass is 9.84. The highest BCUT2D eigenvalue weighted by Gasteiger charge is 2.32. The Balaban J connectivity index is 1.28. The molecule has 0 unspecified atom stereocenters. The molecular formula is C28H30ClN3O3. The molecule has 2 aliphatic heterocycles. The smallest absolute Gasteiger partial charge is 0.272 e. The first-order valence-electron chi connectivity index (χ1n) is 12.1. The lowest BCUT2D eigenvalue weighted by molar-refractivity contribution is 0.0579. The van der Waals surface area contributed by atoms with Crippen molar-refractivity contribution in [3.05, 3.63) is 88.7 Å². The van der Waals surface area contributed by atoms with Crippen LogP contribution in [0.15, 0.2) is 66.9 Å². The van der Waals surface area contributed by atoms with Crippen LogP contribution in [0, 0.1) is 5.92 Å².